The number of nitrogens with one attached hydrogen (secondary N) is 1. The molecule has 20 heavy (non-hydrogen) atoms. The van der Waals surface area contributed by atoms with E-state index in [1.807, 2.05) is 4.90 Å². The van der Waals surface area contributed by atoms with Gasteiger partial charge in [-0.2, -0.15) is 0 Å². The lowest BCUT2D eigenvalue weighted by Gasteiger charge is -2.36. The highest BCUT2D eigenvalue weighted by atomic mass is 19.1. The Kier molecular flexibility index (Phi) is 5.29. The second kappa shape index (κ2) is 6.97. The number of hydrogen-bond donors (Lipinski definition) is 1. The van der Waals surface area contributed by atoms with Crippen LogP contribution >= 0.6 is 0 Å². The van der Waals surface area contributed by atoms with E-state index in [0.717, 1.165) is 51.2 Å². The Labute approximate surface area is 119 Å². The molecular weight excluding hydrogens is 260 g/mol. The zero-order valence-electron chi connectivity index (χ0n) is 12.2. The monoisotopic (exact) mass is 283 g/mol. The first-order chi connectivity index (χ1) is 9.61. The molecule has 2 atom stereocenters. The number of piperidine rings is 1. The van der Waals surface area contributed by atoms with Gasteiger partial charge in [-0.15, -0.1) is 0 Å². The molecular formula is C15H23F2N3. The van der Waals surface area contributed by atoms with Gasteiger partial charge in [0.1, 0.15) is 5.82 Å². The van der Waals surface area contributed by atoms with Gasteiger partial charge in [0.25, 0.3) is 0 Å². The summed E-state index contributed by atoms with van der Waals surface area (Å²) in [6, 6.07) is 1.31. The van der Waals surface area contributed by atoms with Crippen LogP contribution in [0, 0.1) is 17.6 Å². The Balaban J connectivity index is 2.02. The lowest BCUT2D eigenvalue weighted by Crippen LogP contribution is -2.45. The van der Waals surface area contributed by atoms with Crippen LogP contribution in [0.25, 0.3) is 0 Å². The molecule has 5 heteroatoms. The minimum atomic E-state index is -0.627. The molecule has 0 spiro atoms. The third-order valence-corrected chi connectivity index (χ3v) is 3.97. The molecule has 2 unspecified atom stereocenters. The fourth-order valence-electron chi connectivity index (χ4n) is 2.79. The Bertz CT molecular complexity index is 439. The summed E-state index contributed by atoms with van der Waals surface area (Å²) in [5.74, 6) is -0.446. The Morgan fingerprint density at radius 1 is 1.50 bits per heavy atom. The summed E-state index contributed by atoms with van der Waals surface area (Å²) in [6.45, 7) is 6.88. The molecule has 2 rings (SSSR count). The largest absolute Gasteiger partial charge is 0.354 e. The topological polar surface area (TPSA) is 28.2 Å². The highest BCUT2D eigenvalue weighted by molar-refractivity contribution is 5.40. The van der Waals surface area contributed by atoms with E-state index < -0.39 is 11.6 Å². The van der Waals surface area contributed by atoms with Crippen LogP contribution in [0.1, 0.15) is 33.1 Å². The summed E-state index contributed by atoms with van der Waals surface area (Å²) in [6.07, 6.45) is 4.34. The number of halogens is 2. The molecule has 0 saturated carbocycles. The zero-order valence-corrected chi connectivity index (χ0v) is 12.2. The third-order valence-electron chi connectivity index (χ3n) is 3.97. The number of pyridine rings is 1. The Hall–Kier alpha value is -1.23. The summed E-state index contributed by atoms with van der Waals surface area (Å²) in [5, 5.41) is 3.50. The van der Waals surface area contributed by atoms with Crippen molar-refractivity contribution < 1.29 is 8.78 Å². The van der Waals surface area contributed by atoms with Gasteiger partial charge in [0.15, 0.2) is 11.6 Å². The SMILES string of the molecule is CCCNC(C)C1CCCN(c2ncc(F)cc2F)C1. The summed E-state index contributed by atoms with van der Waals surface area (Å²) in [5.41, 5.74) is 0. The minimum absolute atomic E-state index is 0.277. The minimum Gasteiger partial charge on any atom is -0.354 e. The van der Waals surface area contributed by atoms with Gasteiger partial charge in [-0.1, -0.05) is 6.92 Å². The van der Waals surface area contributed by atoms with Crippen LogP contribution in [-0.2, 0) is 0 Å². The molecule has 1 saturated heterocycles. The van der Waals surface area contributed by atoms with E-state index in [2.05, 4.69) is 24.1 Å². The first kappa shape index (κ1) is 15.2. The average molecular weight is 283 g/mol. The molecule has 2 heterocycles. The molecule has 1 N–H and O–H groups in total. The van der Waals surface area contributed by atoms with Crippen molar-refractivity contribution >= 4 is 5.82 Å². The summed E-state index contributed by atoms with van der Waals surface area (Å²) in [7, 11) is 0. The van der Waals surface area contributed by atoms with Gasteiger partial charge in [-0.3, -0.25) is 0 Å². The lowest BCUT2D eigenvalue weighted by atomic mass is 9.91. The lowest BCUT2D eigenvalue weighted by molar-refractivity contribution is 0.318. The van der Waals surface area contributed by atoms with Crippen LogP contribution < -0.4 is 10.2 Å². The van der Waals surface area contributed by atoms with Crippen LogP contribution in [-0.4, -0.2) is 30.7 Å². The van der Waals surface area contributed by atoms with E-state index in [1.165, 1.54) is 0 Å². The molecule has 3 nitrogen and oxygen atoms in total. The molecule has 0 amide bonds. The summed E-state index contributed by atoms with van der Waals surface area (Å²) >= 11 is 0. The van der Waals surface area contributed by atoms with Gasteiger partial charge in [0, 0.05) is 25.2 Å². The number of rotatable bonds is 5. The van der Waals surface area contributed by atoms with Crippen molar-refractivity contribution in [3.63, 3.8) is 0 Å². The molecule has 1 aliphatic heterocycles. The standard InChI is InChI=1S/C15H23F2N3/c1-3-6-18-11(2)12-5-4-7-20(10-12)15-14(17)8-13(16)9-19-15/h8-9,11-12,18H,3-7,10H2,1-2H3. The van der Waals surface area contributed by atoms with Crippen LogP contribution in [0.3, 0.4) is 0 Å². The smallest absolute Gasteiger partial charge is 0.168 e. The third kappa shape index (κ3) is 3.66. The van der Waals surface area contributed by atoms with E-state index >= 15 is 0 Å². The van der Waals surface area contributed by atoms with Crippen LogP contribution in [0.15, 0.2) is 12.3 Å². The summed E-state index contributed by atoms with van der Waals surface area (Å²) in [4.78, 5) is 5.85. The zero-order chi connectivity index (χ0) is 14.5. The predicted octanol–water partition coefficient (Wildman–Crippen LogP) is 2.96. The van der Waals surface area contributed by atoms with Crippen LogP contribution in [0.5, 0.6) is 0 Å². The highest BCUT2D eigenvalue weighted by Gasteiger charge is 2.26. The number of anilines is 1. The van der Waals surface area contributed by atoms with Crippen molar-refractivity contribution in [2.75, 3.05) is 24.5 Å². The van der Waals surface area contributed by atoms with Crippen molar-refractivity contribution in [2.45, 2.75) is 39.2 Å². The van der Waals surface area contributed by atoms with E-state index in [0.29, 0.717) is 12.0 Å². The fourth-order valence-corrected chi connectivity index (χ4v) is 2.79. The van der Waals surface area contributed by atoms with E-state index in [9.17, 15) is 8.78 Å². The normalized spacial score (nSPS) is 21.0. The van der Waals surface area contributed by atoms with Gasteiger partial charge in [-0.05, 0) is 38.6 Å². The predicted molar refractivity (Wildman–Crippen MR) is 76.8 cm³/mol. The molecule has 0 radical (unpaired) electrons. The average Bonchev–Trinajstić information content (AvgIpc) is 2.45. The van der Waals surface area contributed by atoms with Crippen molar-refractivity contribution in [3.8, 4) is 0 Å². The van der Waals surface area contributed by atoms with Crippen molar-refractivity contribution in [1.82, 2.24) is 10.3 Å². The van der Waals surface area contributed by atoms with E-state index in [-0.39, 0.29) is 5.82 Å². The maximum Gasteiger partial charge on any atom is 0.168 e. The van der Waals surface area contributed by atoms with Gasteiger partial charge in [0.2, 0.25) is 0 Å². The second-order valence-corrected chi connectivity index (χ2v) is 5.55. The Morgan fingerprint density at radius 3 is 3.00 bits per heavy atom. The van der Waals surface area contributed by atoms with Crippen molar-refractivity contribution in [3.05, 3.63) is 23.9 Å². The maximum absolute atomic E-state index is 13.8. The highest BCUT2D eigenvalue weighted by Crippen LogP contribution is 2.25. The number of nitrogens with zero attached hydrogens (tertiary/aromatic N) is 2. The summed E-state index contributed by atoms with van der Waals surface area (Å²) < 4.78 is 26.7. The van der Waals surface area contributed by atoms with Gasteiger partial charge in [-0.25, -0.2) is 13.8 Å². The fraction of sp³-hybridized carbons (Fsp3) is 0.667. The van der Waals surface area contributed by atoms with Crippen molar-refractivity contribution in [1.29, 1.82) is 0 Å². The van der Waals surface area contributed by atoms with Gasteiger partial charge in [0.05, 0.1) is 6.20 Å². The van der Waals surface area contributed by atoms with E-state index in [4.69, 9.17) is 0 Å². The van der Waals surface area contributed by atoms with Crippen LogP contribution in [0.2, 0.25) is 0 Å². The maximum atomic E-state index is 13.8. The Morgan fingerprint density at radius 2 is 2.30 bits per heavy atom. The first-order valence-corrected chi connectivity index (χ1v) is 7.41. The quantitative estimate of drug-likeness (QED) is 0.900. The molecule has 1 fully saturated rings. The number of hydrogen-bond acceptors (Lipinski definition) is 3. The molecule has 0 aliphatic carbocycles. The van der Waals surface area contributed by atoms with Gasteiger partial charge < -0.3 is 10.2 Å². The molecule has 1 aromatic heterocycles. The van der Waals surface area contributed by atoms with E-state index in [1.54, 1.807) is 0 Å². The van der Waals surface area contributed by atoms with Crippen molar-refractivity contribution in [2.24, 2.45) is 5.92 Å². The molecule has 112 valence electrons. The molecule has 0 bridgehead atoms. The number of aromatic nitrogens is 1. The second-order valence-electron chi connectivity index (χ2n) is 5.55. The molecule has 1 aliphatic rings. The van der Waals surface area contributed by atoms with Crippen LogP contribution in [0.4, 0.5) is 14.6 Å². The molecule has 0 aromatic carbocycles. The molecule has 1 aromatic rings. The van der Waals surface area contributed by atoms with Gasteiger partial charge >= 0.3 is 0 Å². The first-order valence-electron chi connectivity index (χ1n) is 7.41.